The lowest BCUT2D eigenvalue weighted by Crippen LogP contribution is -2.45. The maximum atomic E-state index is 15.2. The molecule has 25 heavy (non-hydrogen) atoms. The number of likely N-dealkylation sites (N-methyl/N-ethyl adjacent to an activating group) is 1. The van der Waals surface area contributed by atoms with Crippen molar-refractivity contribution in [3.63, 3.8) is 0 Å². The summed E-state index contributed by atoms with van der Waals surface area (Å²) in [5.74, 6) is -0.0595. The van der Waals surface area contributed by atoms with E-state index in [-0.39, 0.29) is 5.82 Å². The van der Waals surface area contributed by atoms with Crippen LogP contribution in [-0.2, 0) is 12.8 Å². The average molecular weight is 345 g/mol. The summed E-state index contributed by atoms with van der Waals surface area (Å²) in [6.45, 7) is 14.0. The SMILES string of the molecule is C=C/C(=C/C)Cc1cc(F)c(N2CCN(C)CC2)c(CCCC)c1C. The second-order valence-electron chi connectivity index (χ2n) is 7.11. The molecule has 0 bridgehead atoms. The van der Waals surface area contributed by atoms with E-state index >= 15 is 4.39 Å². The molecule has 1 aliphatic heterocycles. The van der Waals surface area contributed by atoms with Gasteiger partial charge in [-0.1, -0.05) is 32.1 Å². The Labute approximate surface area is 153 Å². The summed E-state index contributed by atoms with van der Waals surface area (Å²) < 4.78 is 15.2. The van der Waals surface area contributed by atoms with Crippen LogP contribution in [0.3, 0.4) is 0 Å². The van der Waals surface area contributed by atoms with Crippen molar-refractivity contribution in [2.24, 2.45) is 0 Å². The molecule has 138 valence electrons. The Morgan fingerprint density at radius 2 is 1.96 bits per heavy atom. The number of piperazine rings is 1. The number of unbranched alkanes of at least 4 members (excludes halogenated alkanes) is 1. The van der Waals surface area contributed by atoms with Gasteiger partial charge >= 0.3 is 0 Å². The second kappa shape index (κ2) is 9.19. The molecule has 0 unspecified atom stereocenters. The van der Waals surface area contributed by atoms with E-state index in [0.717, 1.165) is 68.7 Å². The van der Waals surface area contributed by atoms with Crippen LogP contribution in [0.1, 0.15) is 43.4 Å². The molecule has 1 fully saturated rings. The van der Waals surface area contributed by atoms with Crippen molar-refractivity contribution in [3.8, 4) is 0 Å². The van der Waals surface area contributed by atoms with Crippen LogP contribution in [0.25, 0.3) is 0 Å². The molecule has 2 nitrogen and oxygen atoms in total. The average Bonchev–Trinajstić information content (AvgIpc) is 2.61. The number of allylic oxidation sites excluding steroid dienone is 3. The summed E-state index contributed by atoms with van der Waals surface area (Å²) in [7, 11) is 2.13. The fraction of sp³-hybridized carbons (Fsp3) is 0.545. The summed E-state index contributed by atoms with van der Waals surface area (Å²) in [6.07, 6.45) is 7.86. The molecule has 1 aromatic rings. The lowest BCUT2D eigenvalue weighted by atomic mass is 9.91. The smallest absolute Gasteiger partial charge is 0.147 e. The Morgan fingerprint density at radius 3 is 2.52 bits per heavy atom. The monoisotopic (exact) mass is 344 g/mol. The van der Waals surface area contributed by atoms with Gasteiger partial charge in [-0.05, 0) is 68.5 Å². The van der Waals surface area contributed by atoms with Gasteiger partial charge in [-0.25, -0.2) is 4.39 Å². The van der Waals surface area contributed by atoms with Crippen LogP contribution >= 0.6 is 0 Å². The Morgan fingerprint density at radius 1 is 1.28 bits per heavy atom. The maximum Gasteiger partial charge on any atom is 0.147 e. The van der Waals surface area contributed by atoms with Crippen LogP contribution in [0, 0.1) is 12.7 Å². The highest BCUT2D eigenvalue weighted by Crippen LogP contribution is 2.33. The number of rotatable bonds is 7. The molecule has 0 atom stereocenters. The van der Waals surface area contributed by atoms with Gasteiger partial charge in [0.1, 0.15) is 5.82 Å². The van der Waals surface area contributed by atoms with Gasteiger partial charge in [0.25, 0.3) is 0 Å². The van der Waals surface area contributed by atoms with E-state index in [2.05, 4.69) is 43.3 Å². The molecular formula is C22H33FN2. The van der Waals surface area contributed by atoms with Crippen molar-refractivity contribution in [3.05, 3.63) is 52.9 Å². The summed E-state index contributed by atoms with van der Waals surface area (Å²) >= 11 is 0. The third-order valence-electron chi connectivity index (χ3n) is 5.37. The molecule has 0 N–H and O–H groups in total. The minimum Gasteiger partial charge on any atom is -0.366 e. The van der Waals surface area contributed by atoms with Crippen LogP contribution in [-0.4, -0.2) is 38.1 Å². The number of hydrogen-bond donors (Lipinski definition) is 0. The third kappa shape index (κ3) is 4.72. The van der Waals surface area contributed by atoms with Crippen molar-refractivity contribution in [1.29, 1.82) is 0 Å². The molecule has 0 spiro atoms. The number of nitrogens with zero attached hydrogens (tertiary/aromatic N) is 2. The lowest BCUT2D eigenvalue weighted by molar-refractivity contribution is 0.311. The number of anilines is 1. The van der Waals surface area contributed by atoms with E-state index < -0.39 is 0 Å². The van der Waals surface area contributed by atoms with Crippen molar-refractivity contribution in [2.45, 2.75) is 46.5 Å². The lowest BCUT2D eigenvalue weighted by Gasteiger charge is -2.36. The van der Waals surface area contributed by atoms with E-state index in [1.165, 1.54) is 11.1 Å². The maximum absolute atomic E-state index is 15.2. The topological polar surface area (TPSA) is 6.48 Å². The highest BCUT2D eigenvalue weighted by Gasteiger charge is 2.23. The van der Waals surface area contributed by atoms with Crippen molar-refractivity contribution in [2.75, 3.05) is 38.1 Å². The highest BCUT2D eigenvalue weighted by molar-refractivity contribution is 5.61. The van der Waals surface area contributed by atoms with Gasteiger partial charge < -0.3 is 9.80 Å². The van der Waals surface area contributed by atoms with E-state index in [4.69, 9.17) is 0 Å². The van der Waals surface area contributed by atoms with Gasteiger partial charge in [0, 0.05) is 26.2 Å². The molecule has 0 saturated carbocycles. The summed E-state index contributed by atoms with van der Waals surface area (Å²) in [4.78, 5) is 4.56. The molecular weight excluding hydrogens is 311 g/mol. The van der Waals surface area contributed by atoms with Gasteiger partial charge in [-0.2, -0.15) is 0 Å². The van der Waals surface area contributed by atoms with E-state index in [1.807, 2.05) is 13.0 Å². The van der Waals surface area contributed by atoms with Crippen LogP contribution in [0.2, 0.25) is 0 Å². The Kier molecular flexibility index (Phi) is 7.24. The molecule has 1 aliphatic rings. The molecule has 1 aromatic carbocycles. The van der Waals surface area contributed by atoms with Crippen LogP contribution in [0.5, 0.6) is 0 Å². The zero-order valence-corrected chi connectivity index (χ0v) is 16.4. The predicted molar refractivity (Wildman–Crippen MR) is 107 cm³/mol. The van der Waals surface area contributed by atoms with E-state index in [9.17, 15) is 0 Å². The largest absolute Gasteiger partial charge is 0.366 e. The zero-order chi connectivity index (χ0) is 18.4. The van der Waals surface area contributed by atoms with Crippen LogP contribution in [0.4, 0.5) is 10.1 Å². The normalized spacial score (nSPS) is 16.4. The van der Waals surface area contributed by atoms with Gasteiger partial charge in [0.15, 0.2) is 0 Å². The van der Waals surface area contributed by atoms with Crippen LogP contribution in [0.15, 0.2) is 30.4 Å². The zero-order valence-electron chi connectivity index (χ0n) is 16.4. The molecule has 3 heteroatoms. The Balaban J connectivity index is 2.44. The Hall–Kier alpha value is -1.61. The minimum atomic E-state index is -0.0595. The van der Waals surface area contributed by atoms with Gasteiger partial charge in [0.05, 0.1) is 5.69 Å². The fourth-order valence-corrected chi connectivity index (χ4v) is 3.57. The number of hydrogen-bond acceptors (Lipinski definition) is 2. The van der Waals surface area contributed by atoms with Crippen molar-refractivity contribution < 1.29 is 4.39 Å². The van der Waals surface area contributed by atoms with Crippen LogP contribution < -0.4 is 4.90 Å². The van der Waals surface area contributed by atoms with E-state index in [0.29, 0.717) is 0 Å². The van der Waals surface area contributed by atoms with Gasteiger partial charge in [-0.3, -0.25) is 0 Å². The molecule has 1 saturated heterocycles. The molecule has 0 amide bonds. The molecule has 0 radical (unpaired) electrons. The van der Waals surface area contributed by atoms with E-state index in [1.54, 1.807) is 6.07 Å². The minimum absolute atomic E-state index is 0.0595. The Bertz CT molecular complexity index is 625. The quantitative estimate of drug-likeness (QED) is 0.649. The first kappa shape index (κ1) is 19.7. The molecule has 0 aromatic heterocycles. The molecule has 0 aliphatic carbocycles. The first-order valence-electron chi connectivity index (χ1n) is 9.53. The second-order valence-corrected chi connectivity index (χ2v) is 7.11. The summed E-state index contributed by atoms with van der Waals surface area (Å²) in [6, 6.07) is 1.76. The van der Waals surface area contributed by atoms with Crippen molar-refractivity contribution in [1.82, 2.24) is 4.90 Å². The number of benzene rings is 1. The van der Waals surface area contributed by atoms with Gasteiger partial charge in [0.2, 0.25) is 0 Å². The predicted octanol–water partition coefficient (Wildman–Crippen LogP) is 4.90. The fourth-order valence-electron chi connectivity index (χ4n) is 3.57. The summed E-state index contributed by atoms with van der Waals surface area (Å²) in [5.41, 5.74) is 5.56. The molecule has 1 heterocycles. The van der Waals surface area contributed by atoms with Crippen molar-refractivity contribution >= 4 is 5.69 Å². The number of halogens is 1. The summed E-state index contributed by atoms with van der Waals surface area (Å²) in [5, 5.41) is 0. The molecule has 2 rings (SSSR count). The first-order chi connectivity index (χ1) is 12.0. The third-order valence-corrected chi connectivity index (χ3v) is 5.37. The highest BCUT2D eigenvalue weighted by atomic mass is 19.1. The van der Waals surface area contributed by atoms with Gasteiger partial charge in [-0.15, -0.1) is 0 Å². The first-order valence-corrected chi connectivity index (χ1v) is 9.53. The standard InChI is InChI=1S/C22H33FN2/c1-6-9-10-20-17(4)19(15-18(7-2)8-3)16-21(23)22(20)25-13-11-24(5)12-14-25/h7-8,16H,2,6,9-15H2,1,3-5H3/b18-8-.